The molecular weight excluding hydrogens is 366 g/mol. The maximum absolute atomic E-state index is 10.7. The largest absolute Gasteiger partial charge is 0.490 e. The van der Waals surface area contributed by atoms with E-state index in [0.717, 1.165) is 23.5 Å². The van der Waals surface area contributed by atoms with Crippen molar-refractivity contribution in [1.82, 2.24) is 4.98 Å². The zero-order valence-electron chi connectivity index (χ0n) is 12.1. The van der Waals surface area contributed by atoms with Crippen LogP contribution in [0.2, 0.25) is 0 Å². The van der Waals surface area contributed by atoms with E-state index in [2.05, 4.69) is 26.2 Å². The molecule has 0 atom stereocenters. The van der Waals surface area contributed by atoms with Gasteiger partial charge in [0.25, 0.3) is 5.69 Å². The predicted octanol–water partition coefficient (Wildman–Crippen LogP) is 3.53. The van der Waals surface area contributed by atoms with E-state index in [0.29, 0.717) is 30.0 Å². The highest BCUT2D eigenvalue weighted by Gasteiger charge is 2.15. The minimum absolute atomic E-state index is 0.0623. The minimum Gasteiger partial charge on any atom is -0.490 e. The number of ether oxygens (including phenoxy) is 2. The molecule has 1 aromatic carbocycles. The van der Waals surface area contributed by atoms with Crippen LogP contribution in [0, 0.1) is 10.1 Å². The summed E-state index contributed by atoms with van der Waals surface area (Å²) in [6.45, 7) is 1.72. The standard InChI is InChI=1S/C15H14BrN3O4/c16-12-7-11(19(20)21)9-18-15(12)17-8-10-3-1-4-13-14(10)23-6-2-5-22-13/h1,3-4,7,9H,2,5-6,8H2,(H,17,18). The van der Waals surface area contributed by atoms with E-state index in [1.165, 1.54) is 12.3 Å². The van der Waals surface area contributed by atoms with Gasteiger partial charge in [-0.2, -0.15) is 0 Å². The third-order valence-corrected chi connectivity index (χ3v) is 3.94. The molecule has 0 spiro atoms. The van der Waals surface area contributed by atoms with Crippen molar-refractivity contribution < 1.29 is 14.4 Å². The summed E-state index contributed by atoms with van der Waals surface area (Å²) in [4.78, 5) is 14.3. The summed E-state index contributed by atoms with van der Waals surface area (Å²) in [5.41, 5.74) is 0.879. The molecule has 1 aliphatic rings. The zero-order valence-corrected chi connectivity index (χ0v) is 13.7. The van der Waals surface area contributed by atoms with Gasteiger partial charge >= 0.3 is 0 Å². The molecule has 120 valence electrons. The van der Waals surface area contributed by atoms with Gasteiger partial charge in [-0.05, 0) is 22.0 Å². The van der Waals surface area contributed by atoms with E-state index in [9.17, 15) is 10.1 Å². The molecule has 8 heteroatoms. The molecular formula is C15H14BrN3O4. The predicted molar refractivity (Wildman–Crippen MR) is 88.0 cm³/mol. The number of nitrogens with one attached hydrogen (secondary N) is 1. The van der Waals surface area contributed by atoms with Crippen LogP contribution in [-0.2, 0) is 6.54 Å². The number of hydrogen-bond donors (Lipinski definition) is 1. The van der Waals surface area contributed by atoms with Gasteiger partial charge < -0.3 is 14.8 Å². The molecule has 0 amide bonds. The number of pyridine rings is 1. The summed E-state index contributed by atoms with van der Waals surface area (Å²) in [5.74, 6) is 2.00. The molecule has 0 unspecified atom stereocenters. The first-order chi connectivity index (χ1) is 11.1. The van der Waals surface area contributed by atoms with E-state index in [4.69, 9.17) is 9.47 Å². The van der Waals surface area contributed by atoms with Gasteiger partial charge in [-0.3, -0.25) is 10.1 Å². The molecule has 1 N–H and O–H groups in total. The first-order valence-electron chi connectivity index (χ1n) is 7.06. The Kier molecular flexibility index (Phi) is 4.61. The first-order valence-corrected chi connectivity index (χ1v) is 7.86. The van der Waals surface area contributed by atoms with E-state index >= 15 is 0 Å². The number of benzene rings is 1. The summed E-state index contributed by atoms with van der Waals surface area (Å²) in [6, 6.07) is 7.15. The van der Waals surface area contributed by atoms with Crippen molar-refractivity contribution in [3.05, 3.63) is 50.6 Å². The molecule has 0 radical (unpaired) electrons. The van der Waals surface area contributed by atoms with Crippen molar-refractivity contribution in [2.45, 2.75) is 13.0 Å². The molecule has 7 nitrogen and oxygen atoms in total. The third kappa shape index (κ3) is 3.53. The summed E-state index contributed by atoms with van der Waals surface area (Å²) in [6.07, 6.45) is 2.06. The number of rotatable bonds is 4. The Hall–Kier alpha value is -2.35. The maximum atomic E-state index is 10.7. The van der Waals surface area contributed by atoms with Gasteiger partial charge in [0.2, 0.25) is 0 Å². The quantitative estimate of drug-likeness (QED) is 0.645. The summed E-state index contributed by atoms with van der Waals surface area (Å²) < 4.78 is 11.9. The van der Waals surface area contributed by atoms with Crippen LogP contribution in [0.5, 0.6) is 11.5 Å². The monoisotopic (exact) mass is 379 g/mol. The fraction of sp³-hybridized carbons (Fsp3) is 0.267. The lowest BCUT2D eigenvalue weighted by Crippen LogP contribution is -2.05. The van der Waals surface area contributed by atoms with Crippen molar-refractivity contribution >= 4 is 27.4 Å². The number of halogens is 1. The lowest BCUT2D eigenvalue weighted by molar-refractivity contribution is -0.385. The number of aromatic nitrogens is 1. The van der Waals surface area contributed by atoms with Crippen LogP contribution < -0.4 is 14.8 Å². The second kappa shape index (κ2) is 6.82. The molecule has 2 heterocycles. The topological polar surface area (TPSA) is 86.5 Å². The Labute approximate surface area is 140 Å². The highest BCUT2D eigenvalue weighted by atomic mass is 79.9. The minimum atomic E-state index is -0.482. The average molecular weight is 380 g/mol. The van der Waals surface area contributed by atoms with Crippen LogP contribution in [0.15, 0.2) is 34.9 Å². The molecule has 3 rings (SSSR count). The Morgan fingerprint density at radius 1 is 1.35 bits per heavy atom. The van der Waals surface area contributed by atoms with Gasteiger partial charge in [0.15, 0.2) is 11.5 Å². The Bertz CT molecular complexity index is 739. The smallest absolute Gasteiger partial charge is 0.288 e. The molecule has 0 aliphatic carbocycles. The third-order valence-electron chi connectivity index (χ3n) is 3.34. The number of nitrogens with zero attached hydrogens (tertiary/aromatic N) is 2. The highest BCUT2D eigenvalue weighted by molar-refractivity contribution is 9.10. The second-order valence-corrected chi connectivity index (χ2v) is 5.78. The van der Waals surface area contributed by atoms with E-state index < -0.39 is 4.92 Å². The molecule has 0 saturated heterocycles. The normalized spacial score (nSPS) is 13.3. The van der Waals surface area contributed by atoms with Crippen LogP contribution in [0.1, 0.15) is 12.0 Å². The highest BCUT2D eigenvalue weighted by Crippen LogP contribution is 2.34. The SMILES string of the molecule is O=[N+]([O-])c1cnc(NCc2cccc3c2OCCCO3)c(Br)c1. The van der Waals surface area contributed by atoms with Gasteiger partial charge in [0, 0.05) is 24.6 Å². The van der Waals surface area contributed by atoms with E-state index in [1.54, 1.807) is 0 Å². The molecule has 0 bridgehead atoms. The first kappa shape index (κ1) is 15.5. The van der Waals surface area contributed by atoms with Crippen molar-refractivity contribution in [2.75, 3.05) is 18.5 Å². The summed E-state index contributed by atoms with van der Waals surface area (Å²) in [5, 5.41) is 13.9. The van der Waals surface area contributed by atoms with Crippen LogP contribution in [0.4, 0.5) is 11.5 Å². The fourth-order valence-electron chi connectivity index (χ4n) is 2.23. The lowest BCUT2D eigenvalue weighted by atomic mass is 10.2. The van der Waals surface area contributed by atoms with Gasteiger partial charge in [0.1, 0.15) is 12.0 Å². The van der Waals surface area contributed by atoms with Crippen molar-refractivity contribution in [1.29, 1.82) is 0 Å². The number of anilines is 1. The van der Waals surface area contributed by atoms with Gasteiger partial charge in [-0.25, -0.2) is 4.98 Å². The molecule has 23 heavy (non-hydrogen) atoms. The fourth-order valence-corrected chi connectivity index (χ4v) is 2.71. The number of para-hydroxylation sites is 1. The van der Waals surface area contributed by atoms with Crippen molar-refractivity contribution in [3.63, 3.8) is 0 Å². The average Bonchev–Trinajstić information content (AvgIpc) is 2.79. The number of nitro groups is 1. The van der Waals surface area contributed by atoms with Crippen LogP contribution >= 0.6 is 15.9 Å². The van der Waals surface area contributed by atoms with Crippen LogP contribution in [0.25, 0.3) is 0 Å². The van der Waals surface area contributed by atoms with E-state index in [1.807, 2.05) is 18.2 Å². The van der Waals surface area contributed by atoms with Crippen LogP contribution in [-0.4, -0.2) is 23.1 Å². The Morgan fingerprint density at radius 2 is 2.17 bits per heavy atom. The molecule has 0 saturated carbocycles. The Morgan fingerprint density at radius 3 is 2.96 bits per heavy atom. The van der Waals surface area contributed by atoms with Crippen molar-refractivity contribution in [3.8, 4) is 11.5 Å². The Balaban J connectivity index is 1.77. The maximum Gasteiger partial charge on any atom is 0.288 e. The molecule has 0 fully saturated rings. The lowest BCUT2D eigenvalue weighted by Gasteiger charge is -2.13. The second-order valence-electron chi connectivity index (χ2n) is 4.93. The van der Waals surface area contributed by atoms with Gasteiger partial charge in [-0.15, -0.1) is 0 Å². The van der Waals surface area contributed by atoms with Gasteiger partial charge in [0.05, 0.1) is 22.6 Å². The number of fused-ring (bicyclic) bond motifs is 1. The van der Waals surface area contributed by atoms with Crippen molar-refractivity contribution in [2.24, 2.45) is 0 Å². The molecule has 1 aromatic heterocycles. The zero-order chi connectivity index (χ0) is 16.2. The van der Waals surface area contributed by atoms with Crippen LogP contribution in [0.3, 0.4) is 0 Å². The van der Waals surface area contributed by atoms with E-state index in [-0.39, 0.29) is 5.69 Å². The summed E-state index contributed by atoms with van der Waals surface area (Å²) in [7, 11) is 0. The number of hydrogen-bond acceptors (Lipinski definition) is 6. The molecule has 2 aromatic rings. The molecule has 1 aliphatic heterocycles. The summed E-state index contributed by atoms with van der Waals surface area (Å²) >= 11 is 3.29. The van der Waals surface area contributed by atoms with Gasteiger partial charge in [-0.1, -0.05) is 12.1 Å².